The van der Waals surface area contributed by atoms with Crippen molar-refractivity contribution in [1.29, 1.82) is 0 Å². The molecular weight excluding hydrogens is 257 g/mol. The molecule has 20 heavy (non-hydrogen) atoms. The van der Waals surface area contributed by atoms with Crippen LogP contribution in [0.25, 0.3) is 0 Å². The Morgan fingerprint density at radius 3 is 2.25 bits per heavy atom. The summed E-state index contributed by atoms with van der Waals surface area (Å²) in [6.45, 7) is 2.09. The average molecular weight is 281 g/mol. The Bertz CT molecular complexity index is 468. The van der Waals surface area contributed by atoms with Crippen LogP contribution in [-0.2, 0) is 5.41 Å². The first kappa shape index (κ1) is 15.1. The number of rotatable bonds is 5. The zero-order chi connectivity index (χ0) is 14.8. The van der Waals surface area contributed by atoms with Gasteiger partial charge in [-0.25, -0.2) is 4.39 Å². The van der Waals surface area contributed by atoms with Crippen LogP contribution in [0.1, 0.15) is 49.9 Å². The molecule has 0 aromatic heterocycles. The fourth-order valence-corrected chi connectivity index (χ4v) is 3.28. The number of ether oxygens (including phenoxy) is 2. The SMILES string of the molecule is COc1cc(C2(CN)CCCC2)c(OC)cc1C(C)F. The van der Waals surface area contributed by atoms with Crippen LogP contribution in [0.2, 0.25) is 0 Å². The molecule has 1 aromatic rings. The van der Waals surface area contributed by atoms with E-state index < -0.39 is 6.17 Å². The van der Waals surface area contributed by atoms with Crippen molar-refractivity contribution >= 4 is 0 Å². The summed E-state index contributed by atoms with van der Waals surface area (Å²) in [6.07, 6.45) is 3.35. The van der Waals surface area contributed by atoms with E-state index in [4.69, 9.17) is 15.2 Å². The first-order valence-corrected chi connectivity index (χ1v) is 7.18. The van der Waals surface area contributed by atoms with E-state index >= 15 is 0 Å². The van der Waals surface area contributed by atoms with Crippen LogP contribution in [0.3, 0.4) is 0 Å². The molecule has 0 spiro atoms. The van der Waals surface area contributed by atoms with Gasteiger partial charge in [0.25, 0.3) is 0 Å². The van der Waals surface area contributed by atoms with Crippen molar-refractivity contribution in [3.05, 3.63) is 23.3 Å². The van der Waals surface area contributed by atoms with Gasteiger partial charge in [0.05, 0.1) is 14.2 Å². The lowest BCUT2D eigenvalue weighted by molar-refractivity contribution is 0.336. The maximum Gasteiger partial charge on any atom is 0.126 e. The molecule has 1 aromatic carbocycles. The van der Waals surface area contributed by atoms with Crippen LogP contribution in [0.15, 0.2) is 12.1 Å². The van der Waals surface area contributed by atoms with Gasteiger partial charge in [-0.3, -0.25) is 0 Å². The molecule has 2 rings (SSSR count). The quantitative estimate of drug-likeness (QED) is 0.898. The number of halogens is 1. The molecule has 1 saturated carbocycles. The molecule has 1 unspecified atom stereocenters. The van der Waals surface area contributed by atoms with Crippen LogP contribution >= 0.6 is 0 Å². The van der Waals surface area contributed by atoms with E-state index in [-0.39, 0.29) is 5.41 Å². The van der Waals surface area contributed by atoms with Gasteiger partial charge in [0.2, 0.25) is 0 Å². The standard InChI is InChI=1S/C16H24FNO2/c1-11(17)12-8-15(20-3)13(9-14(12)19-2)16(10-18)6-4-5-7-16/h8-9,11H,4-7,10,18H2,1-3H3. The minimum absolute atomic E-state index is 0.0588. The maximum atomic E-state index is 13.7. The first-order chi connectivity index (χ1) is 9.57. The molecule has 0 heterocycles. The average Bonchev–Trinajstić information content (AvgIpc) is 2.95. The minimum atomic E-state index is -1.09. The third kappa shape index (κ3) is 2.49. The number of hydrogen-bond acceptors (Lipinski definition) is 3. The largest absolute Gasteiger partial charge is 0.496 e. The van der Waals surface area contributed by atoms with Gasteiger partial charge >= 0.3 is 0 Å². The highest BCUT2D eigenvalue weighted by Gasteiger charge is 2.37. The van der Waals surface area contributed by atoms with E-state index in [0.29, 0.717) is 17.9 Å². The summed E-state index contributed by atoms with van der Waals surface area (Å²) in [5, 5.41) is 0. The van der Waals surface area contributed by atoms with E-state index in [2.05, 4.69) is 0 Å². The second kappa shape index (κ2) is 6.00. The highest BCUT2D eigenvalue weighted by atomic mass is 19.1. The van der Waals surface area contributed by atoms with Gasteiger partial charge in [0.15, 0.2) is 0 Å². The molecule has 1 fully saturated rings. The maximum absolute atomic E-state index is 13.7. The van der Waals surface area contributed by atoms with Gasteiger partial charge in [-0.2, -0.15) is 0 Å². The van der Waals surface area contributed by atoms with Crippen LogP contribution in [-0.4, -0.2) is 20.8 Å². The third-order valence-electron chi connectivity index (χ3n) is 4.50. The summed E-state index contributed by atoms with van der Waals surface area (Å²) in [7, 11) is 3.19. The van der Waals surface area contributed by atoms with Gasteiger partial charge in [0, 0.05) is 23.1 Å². The fraction of sp³-hybridized carbons (Fsp3) is 0.625. The molecule has 0 amide bonds. The number of alkyl halides is 1. The fourth-order valence-electron chi connectivity index (χ4n) is 3.28. The predicted octanol–water partition coefficient (Wildman–Crippen LogP) is 3.50. The van der Waals surface area contributed by atoms with Crippen molar-refractivity contribution in [2.24, 2.45) is 5.73 Å². The molecule has 0 saturated heterocycles. The molecule has 0 bridgehead atoms. The molecule has 1 aliphatic carbocycles. The molecule has 112 valence electrons. The Kier molecular flexibility index (Phi) is 4.53. The topological polar surface area (TPSA) is 44.5 Å². The highest BCUT2D eigenvalue weighted by Crippen LogP contribution is 2.47. The second-order valence-electron chi connectivity index (χ2n) is 5.60. The Morgan fingerprint density at radius 1 is 1.20 bits per heavy atom. The van der Waals surface area contributed by atoms with E-state index in [9.17, 15) is 4.39 Å². The summed E-state index contributed by atoms with van der Waals surface area (Å²) in [5.74, 6) is 1.30. The summed E-state index contributed by atoms with van der Waals surface area (Å²) < 4.78 is 24.6. The molecule has 0 radical (unpaired) electrons. The van der Waals surface area contributed by atoms with Crippen molar-refractivity contribution in [2.75, 3.05) is 20.8 Å². The van der Waals surface area contributed by atoms with Gasteiger partial charge in [-0.15, -0.1) is 0 Å². The summed E-state index contributed by atoms with van der Waals surface area (Å²) in [4.78, 5) is 0. The molecular formula is C16H24FNO2. The van der Waals surface area contributed by atoms with E-state index in [0.717, 1.165) is 24.2 Å². The zero-order valence-electron chi connectivity index (χ0n) is 12.5. The monoisotopic (exact) mass is 281 g/mol. The molecule has 1 aliphatic rings. The lowest BCUT2D eigenvalue weighted by Crippen LogP contribution is -2.32. The van der Waals surface area contributed by atoms with Crippen molar-refractivity contribution < 1.29 is 13.9 Å². The van der Waals surface area contributed by atoms with E-state index in [1.807, 2.05) is 6.07 Å². The lowest BCUT2D eigenvalue weighted by Gasteiger charge is -2.30. The number of benzene rings is 1. The Balaban J connectivity index is 2.57. The normalized spacial score (nSPS) is 18.9. The van der Waals surface area contributed by atoms with Crippen LogP contribution in [0.5, 0.6) is 11.5 Å². The summed E-state index contributed by atoms with van der Waals surface area (Å²) >= 11 is 0. The first-order valence-electron chi connectivity index (χ1n) is 7.18. The van der Waals surface area contributed by atoms with Crippen molar-refractivity contribution in [1.82, 2.24) is 0 Å². The molecule has 4 heteroatoms. The Morgan fingerprint density at radius 2 is 1.80 bits per heavy atom. The third-order valence-corrected chi connectivity index (χ3v) is 4.50. The van der Waals surface area contributed by atoms with Crippen LogP contribution in [0, 0.1) is 0 Å². The van der Waals surface area contributed by atoms with E-state index in [1.165, 1.54) is 19.8 Å². The smallest absolute Gasteiger partial charge is 0.126 e. The van der Waals surface area contributed by atoms with Gasteiger partial charge in [-0.05, 0) is 31.9 Å². The molecule has 1 atom stereocenters. The zero-order valence-corrected chi connectivity index (χ0v) is 12.5. The van der Waals surface area contributed by atoms with Gasteiger partial charge < -0.3 is 15.2 Å². The van der Waals surface area contributed by atoms with E-state index in [1.54, 1.807) is 20.3 Å². The van der Waals surface area contributed by atoms with Crippen LogP contribution in [0.4, 0.5) is 4.39 Å². The molecule has 0 aliphatic heterocycles. The minimum Gasteiger partial charge on any atom is -0.496 e. The second-order valence-corrected chi connectivity index (χ2v) is 5.60. The van der Waals surface area contributed by atoms with Gasteiger partial charge in [-0.1, -0.05) is 12.8 Å². The highest BCUT2D eigenvalue weighted by molar-refractivity contribution is 5.51. The number of methoxy groups -OCH3 is 2. The van der Waals surface area contributed by atoms with Gasteiger partial charge in [0.1, 0.15) is 17.7 Å². The molecule has 2 N–H and O–H groups in total. The predicted molar refractivity (Wildman–Crippen MR) is 78.3 cm³/mol. The molecule has 3 nitrogen and oxygen atoms in total. The summed E-state index contributed by atoms with van der Waals surface area (Å²) in [6, 6.07) is 3.68. The number of hydrogen-bond donors (Lipinski definition) is 1. The number of nitrogens with two attached hydrogens (primary N) is 1. The van der Waals surface area contributed by atoms with Crippen molar-refractivity contribution in [3.63, 3.8) is 0 Å². The lowest BCUT2D eigenvalue weighted by atomic mass is 9.78. The Labute approximate surface area is 120 Å². The van der Waals surface area contributed by atoms with Crippen LogP contribution < -0.4 is 15.2 Å². The Hall–Kier alpha value is -1.29. The van der Waals surface area contributed by atoms with Crippen molar-refractivity contribution in [2.45, 2.75) is 44.2 Å². The summed E-state index contributed by atoms with van der Waals surface area (Å²) in [5.41, 5.74) is 7.57. The van der Waals surface area contributed by atoms with Crippen molar-refractivity contribution in [3.8, 4) is 11.5 Å².